The molecule has 0 bridgehead atoms. The van der Waals surface area contributed by atoms with Gasteiger partial charge in [0.2, 0.25) is 0 Å². The summed E-state index contributed by atoms with van der Waals surface area (Å²) in [5, 5.41) is 14.5. The molecule has 0 saturated heterocycles. The van der Waals surface area contributed by atoms with E-state index in [0.717, 1.165) is 5.56 Å². The van der Waals surface area contributed by atoms with Gasteiger partial charge in [0.25, 0.3) is 5.69 Å². The Kier molecular flexibility index (Phi) is 4.01. The van der Waals surface area contributed by atoms with E-state index in [4.69, 9.17) is 0 Å². The molecule has 110 valence electrons. The van der Waals surface area contributed by atoms with Crippen LogP contribution in [0.5, 0.6) is 0 Å². The highest BCUT2D eigenvalue weighted by Gasteiger charge is 2.23. The van der Waals surface area contributed by atoms with E-state index in [1.54, 1.807) is 18.2 Å². The minimum Gasteiger partial charge on any atom is -0.372 e. The monoisotopic (exact) mass is 292 g/mol. The molecule has 0 aromatic heterocycles. The molecule has 0 saturated carbocycles. The van der Waals surface area contributed by atoms with Gasteiger partial charge in [-0.05, 0) is 11.6 Å². The normalized spacial score (nSPS) is 14.9. The van der Waals surface area contributed by atoms with Crippen LogP contribution in [0.1, 0.15) is 11.6 Å². The van der Waals surface area contributed by atoms with Crippen molar-refractivity contribution in [3.63, 3.8) is 0 Å². The molecule has 1 aliphatic carbocycles. The van der Waals surface area contributed by atoms with E-state index >= 15 is 0 Å². The van der Waals surface area contributed by atoms with Crippen LogP contribution < -0.4 is 5.32 Å². The van der Waals surface area contributed by atoms with Crippen LogP contribution in [-0.4, -0.2) is 4.92 Å². The van der Waals surface area contributed by atoms with Gasteiger partial charge >= 0.3 is 0 Å². The number of nitro groups is 1. The molecule has 3 rings (SSSR count). The van der Waals surface area contributed by atoms with Gasteiger partial charge in [-0.3, -0.25) is 10.1 Å². The molecule has 1 atom stereocenters. The fraction of sp³-hybridized carbons (Fsp3) is 0.111. The molecular formula is C18H16N2O2. The van der Waals surface area contributed by atoms with Crippen LogP contribution in [0.2, 0.25) is 0 Å². The molecule has 0 heterocycles. The minimum atomic E-state index is -0.356. The molecule has 4 heteroatoms. The Morgan fingerprint density at radius 1 is 0.955 bits per heavy atom. The SMILES string of the molecule is O=[N+]([O-])c1ccccc1NC(c1ccccc1)C1C=CC=C1. The second-order valence-corrected chi connectivity index (χ2v) is 5.15. The topological polar surface area (TPSA) is 55.2 Å². The van der Waals surface area contributed by atoms with Gasteiger partial charge in [-0.25, -0.2) is 0 Å². The van der Waals surface area contributed by atoms with E-state index in [2.05, 4.69) is 17.5 Å². The van der Waals surface area contributed by atoms with E-state index < -0.39 is 0 Å². The average Bonchev–Trinajstić information content (AvgIpc) is 3.08. The fourth-order valence-electron chi connectivity index (χ4n) is 2.66. The fourth-order valence-corrected chi connectivity index (χ4v) is 2.66. The molecule has 2 aromatic carbocycles. The third kappa shape index (κ3) is 2.91. The van der Waals surface area contributed by atoms with E-state index in [0.29, 0.717) is 5.69 Å². The van der Waals surface area contributed by atoms with Gasteiger partial charge in [0.1, 0.15) is 5.69 Å². The van der Waals surface area contributed by atoms with Crippen molar-refractivity contribution in [1.82, 2.24) is 0 Å². The van der Waals surface area contributed by atoms with Gasteiger partial charge < -0.3 is 5.32 Å². The van der Waals surface area contributed by atoms with Gasteiger partial charge in [0.05, 0.1) is 11.0 Å². The summed E-state index contributed by atoms with van der Waals surface area (Å²) < 4.78 is 0. The maximum Gasteiger partial charge on any atom is 0.292 e. The van der Waals surface area contributed by atoms with Gasteiger partial charge in [-0.15, -0.1) is 0 Å². The summed E-state index contributed by atoms with van der Waals surface area (Å²) >= 11 is 0. The van der Waals surface area contributed by atoms with Crippen LogP contribution in [0.25, 0.3) is 0 Å². The molecule has 1 aliphatic rings. The molecule has 0 radical (unpaired) electrons. The lowest BCUT2D eigenvalue weighted by Gasteiger charge is -2.24. The molecule has 0 aliphatic heterocycles. The van der Waals surface area contributed by atoms with Crippen LogP contribution >= 0.6 is 0 Å². The van der Waals surface area contributed by atoms with Crippen molar-refractivity contribution in [2.24, 2.45) is 5.92 Å². The number of nitro benzene ring substituents is 1. The summed E-state index contributed by atoms with van der Waals surface area (Å²) in [7, 11) is 0. The number of anilines is 1. The standard InChI is InChI=1S/C18H16N2O2/c21-20(22)17-13-7-6-12-16(17)19-18(15-10-4-5-11-15)14-8-2-1-3-9-14/h1-13,15,18-19H. The highest BCUT2D eigenvalue weighted by molar-refractivity contribution is 5.62. The Morgan fingerprint density at radius 3 is 2.27 bits per heavy atom. The summed E-state index contributed by atoms with van der Waals surface area (Å²) in [6.07, 6.45) is 8.20. The lowest BCUT2D eigenvalue weighted by molar-refractivity contribution is -0.384. The number of allylic oxidation sites excluding steroid dienone is 2. The minimum absolute atomic E-state index is 0.0442. The second-order valence-electron chi connectivity index (χ2n) is 5.15. The van der Waals surface area contributed by atoms with Gasteiger partial charge in [0, 0.05) is 12.0 Å². The van der Waals surface area contributed by atoms with Crippen LogP contribution in [0, 0.1) is 16.0 Å². The quantitative estimate of drug-likeness (QED) is 0.652. The Labute approximate surface area is 128 Å². The van der Waals surface area contributed by atoms with Crippen LogP contribution in [-0.2, 0) is 0 Å². The lowest BCUT2D eigenvalue weighted by Crippen LogP contribution is -2.18. The number of para-hydroxylation sites is 2. The second kappa shape index (κ2) is 6.26. The van der Waals surface area contributed by atoms with Crippen molar-refractivity contribution >= 4 is 11.4 Å². The zero-order valence-corrected chi connectivity index (χ0v) is 11.9. The predicted octanol–water partition coefficient (Wildman–Crippen LogP) is 4.49. The first-order valence-electron chi connectivity index (χ1n) is 7.15. The zero-order chi connectivity index (χ0) is 15.4. The largest absolute Gasteiger partial charge is 0.372 e. The van der Waals surface area contributed by atoms with Crippen molar-refractivity contribution in [3.8, 4) is 0 Å². The number of nitrogens with one attached hydrogen (secondary N) is 1. The van der Waals surface area contributed by atoms with Gasteiger partial charge in [-0.2, -0.15) is 0 Å². The molecule has 0 spiro atoms. The molecule has 0 amide bonds. The Morgan fingerprint density at radius 2 is 1.59 bits per heavy atom. The molecule has 22 heavy (non-hydrogen) atoms. The summed E-state index contributed by atoms with van der Waals surface area (Å²) in [5.41, 5.74) is 1.73. The lowest BCUT2D eigenvalue weighted by atomic mass is 9.93. The van der Waals surface area contributed by atoms with Crippen molar-refractivity contribution in [2.75, 3.05) is 5.32 Å². The van der Waals surface area contributed by atoms with E-state index in [9.17, 15) is 10.1 Å². The van der Waals surface area contributed by atoms with E-state index in [1.807, 2.05) is 42.5 Å². The highest BCUT2D eigenvalue weighted by atomic mass is 16.6. The highest BCUT2D eigenvalue weighted by Crippen LogP contribution is 2.34. The summed E-state index contributed by atoms with van der Waals surface area (Å²) in [4.78, 5) is 10.8. The molecule has 4 nitrogen and oxygen atoms in total. The Balaban J connectivity index is 1.96. The number of benzene rings is 2. The first-order valence-corrected chi connectivity index (χ1v) is 7.15. The Bertz CT molecular complexity index is 711. The maximum atomic E-state index is 11.2. The molecule has 1 unspecified atom stereocenters. The number of rotatable bonds is 5. The molecular weight excluding hydrogens is 276 g/mol. The van der Waals surface area contributed by atoms with Crippen molar-refractivity contribution in [2.45, 2.75) is 6.04 Å². The number of hydrogen-bond donors (Lipinski definition) is 1. The van der Waals surface area contributed by atoms with E-state index in [1.165, 1.54) is 6.07 Å². The summed E-state index contributed by atoms with van der Waals surface area (Å²) in [6.45, 7) is 0. The van der Waals surface area contributed by atoms with Crippen molar-refractivity contribution in [3.05, 3.63) is 94.6 Å². The van der Waals surface area contributed by atoms with Crippen LogP contribution in [0.4, 0.5) is 11.4 Å². The van der Waals surface area contributed by atoms with E-state index in [-0.39, 0.29) is 22.6 Å². The predicted molar refractivity (Wildman–Crippen MR) is 87.7 cm³/mol. The Hall–Kier alpha value is -2.88. The zero-order valence-electron chi connectivity index (χ0n) is 11.9. The molecule has 0 fully saturated rings. The smallest absolute Gasteiger partial charge is 0.292 e. The third-order valence-electron chi connectivity index (χ3n) is 3.73. The first-order chi connectivity index (χ1) is 10.8. The maximum absolute atomic E-state index is 11.2. The third-order valence-corrected chi connectivity index (χ3v) is 3.73. The van der Waals surface area contributed by atoms with Crippen LogP contribution in [0.15, 0.2) is 78.9 Å². The summed E-state index contributed by atoms with van der Waals surface area (Å²) in [5.74, 6) is 0.169. The average molecular weight is 292 g/mol. The number of nitrogens with zero attached hydrogens (tertiary/aromatic N) is 1. The van der Waals surface area contributed by atoms with Gasteiger partial charge in [-0.1, -0.05) is 66.8 Å². The van der Waals surface area contributed by atoms with Crippen LogP contribution in [0.3, 0.4) is 0 Å². The molecule has 1 N–H and O–H groups in total. The first kappa shape index (κ1) is 14.1. The van der Waals surface area contributed by atoms with Gasteiger partial charge in [0.15, 0.2) is 0 Å². The number of hydrogen-bond acceptors (Lipinski definition) is 3. The summed E-state index contributed by atoms with van der Waals surface area (Å²) in [6, 6.07) is 16.7. The molecule has 2 aromatic rings. The van der Waals surface area contributed by atoms with Crippen molar-refractivity contribution in [1.29, 1.82) is 0 Å². The van der Waals surface area contributed by atoms with Crippen molar-refractivity contribution < 1.29 is 4.92 Å².